The number of fused-ring (bicyclic) bond motifs is 1. The molecule has 0 unspecified atom stereocenters. The maximum atomic E-state index is 14.5. The van der Waals surface area contributed by atoms with Crippen LogP contribution in [-0.2, 0) is 9.53 Å². The zero-order valence-corrected chi connectivity index (χ0v) is 20.7. The first-order valence-electron chi connectivity index (χ1n) is 11.5. The fraction of sp³-hybridized carbons (Fsp3) is 0.423. The van der Waals surface area contributed by atoms with E-state index < -0.39 is 17.8 Å². The Labute approximate surface area is 205 Å². The van der Waals surface area contributed by atoms with Crippen molar-refractivity contribution in [3.63, 3.8) is 0 Å². The predicted molar refractivity (Wildman–Crippen MR) is 130 cm³/mol. The number of methoxy groups -OCH3 is 1. The molecular formula is C26H32FN3O5. The molecule has 0 aliphatic carbocycles. The highest BCUT2D eigenvalue weighted by Gasteiger charge is 2.31. The second-order valence-corrected chi connectivity index (χ2v) is 8.93. The summed E-state index contributed by atoms with van der Waals surface area (Å²) in [4.78, 5) is 41.3. The predicted octanol–water partition coefficient (Wildman–Crippen LogP) is 3.43. The third kappa shape index (κ3) is 6.16. The van der Waals surface area contributed by atoms with Gasteiger partial charge in [0.1, 0.15) is 18.2 Å². The van der Waals surface area contributed by atoms with Gasteiger partial charge >= 0.3 is 0 Å². The Kier molecular flexibility index (Phi) is 8.45. The van der Waals surface area contributed by atoms with Crippen molar-refractivity contribution in [2.24, 2.45) is 5.92 Å². The van der Waals surface area contributed by atoms with Crippen molar-refractivity contribution in [3.8, 4) is 5.75 Å². The minimum atomic E-state index is -0.594. The molecule has 1 aliphatic rings. The van der Waals surface area contributed by atoms with Gasteiger partial charge in [-0.3, -0.25) is 14.4 Å². The molecule has 2 aromatic carbocycles. The molecule has 1 N–H and O–H groups in total. The summed E-state index contributed by atoms with van der Waals surface area (Å²) in [6.45, 7) is 5.74. The highest BCUT2D eigenvalue weighted by atomic mass is 19.1. The van der Waals surface area contributed by atoms with Crippen molar-refractivity contribution < 1.29 is 28.2 Å². The SMILES string of the molecule is CO[C@@H]1CN(C)C(=O)c2ccc(NC(C)=O)cc2OC[C@@H](C)N(C(=O)c2ccccc2F)C[C@H]1C. The lowest BCUT2D eigenvalue weighted by atomic mass is 10.0. The fourth-order valence-corrected chi connectivity index (χ4v) is 4.13. The number of likely N-dealkylation sites (N-methyl/N-ethyl adjacent to an activating group) is 1. The second-order valence-electron chi connectivity index (χ2n) is 8.93. The minimum Gasteiger partial charge on any atom is -0.491 e. The third-order valence-electron chi connectivity index (χ3n) is 6.13. The van der Waals surface area contributed by atoms with Crippen molar-refractivity contribution in [2.75, 3.05) is 39.2 Å². The van der Waals surface area contributed by atoms with Crippen LogP contribution in [0.5, 0.6) is 5.75 Å². The van der Waals surface area contributed by atoms with E-state index in [0.717, 1.165) is 0 Å². The van der Waals surface area contributed by atoms with Crippen LogP contribution in [0.25, 0.3) is 0 Å². The smallest absolute Gasteiger partial charge is 0.257 e. The molecule has 8 nitrogen and oxygen atoms in total. The zero-order chi connectivity index (χ0) is 25.7. The summed E-state index contributed by atoms with van der Waals surface area (Å²) in [6, 6.07) is 10.2. The molecule has 0 fully saturated rings. The number of amides is 3. The number of halogens is 1. The molecule has 0 radical (unpaired) electrons. The molecule has 9 heteroatoms. The van der Waals surface area contributed by atoms with Crippen LogP contribution in [0.3, 0.4) is 0 Å². The van der Waals surface area contributed by atoms with E-state index in [9.17, 15) is 18.8 Å². The average Bonchev–Trinajstić information content (AvgIpc) is 2.82. The zero-order valence-electron chi connectivity index (χ0n) is 20.7. The Morgan fingerprint density at radius 3 is 2.51 bits per heavy atom. The minimum absolute atomic E-state index is 0.0201. The van der Waals surface area contributed by atoms with Crippen molar-refractivity contribution >= 4 is 23.4 Å². The van der Waals surface area contributed by atoms with Crippen LogP contribution in [0.1, 0.15) is 41.5 Å². The standard InChI is InChI=1S/C26H32FN3O5/c1-16-13-30(26(33)20-8-6-7-9-22(20)27)17(2)15-35-23-12-19(28-18(3)31)10-11-21(23)25(32)29(4)14-24(16)34-5/h6-12,16-17,24H,13-15H2,1-5H3,(H,28,31)/t16-,17-,24-/m1/s1. The lowest BCUT2D eigenvalue weighted by molar-refractivity contribution is -0.114. The number of rotatable bonds is 3. The Balaban J connectivity index is 2.02. The van der Waals surface area contributed by atoms with Crippen LogP contribution in [0.2, 0.25) is 0 Å². The lowest BCUT2D eigenvalue weighted by Gasteiger charge is -2.36. The van der Waals surface area contributed by atoms with Crippen molar-refractivity contribution in [1.82, 2.24) is 9.80 Å². The molecule has 2 aromatic rings. The number of benzene rings is 2. The Hall–Kier alpha value is -3.46. The van der Waals surface area contributed by atoms with Gasteiger partial charge in [-0.05, 0) is 31.2 Å². The molecule has 0 spiro atoms. The second kappa shape index (κ2) is 11.3. The van der Waals surface area contributed by atoms with E-state index in [1.807, 2.05) is 13.8 Å². The number of hydrogen-bond donors (Lipinski definition) is 1. The number of anilines is 1. The normalized spacial score (nSPS) is 21.3. The van der Waals surface area contributed by atoms with Crippen LogP contribution in [0, 0.1) is 11.7 Å². The van der Waals surface area contributed by atoms with Crippen molar-refractivity contribution in [2.45, 2.75) is 32.9 Å². The molecule has 1 heterocycles. The Morgan fingerprint density at radius 2 is 1.86 bits per heavy atom. The fourth-order valence-electron chi connectivity index (χ4n) is 4.13. The first-order valence-corrected chi connectivity index (χ1v) is 11.5. The van der Waals surface area contributed by atoms with E-state index in [1.165, 1.54) is 25.1 Å². The molecule has 0 saturated carbocycles. The molecule has 0 bridgehead atoms. The molecule has 0 saturated heterocycles. The van der Waals surface area contributed by atoms with Crippen LogP contribution in [0.15, 0.2) is 42.5 Å². The summed E-state index contributed by atoms with van der Waals surface area (Å²) in [7, 11) is 3.23. The molecule has 3 atom stereocenters. The van der Waals surface area contributed by atoms with Gasteiger partial charge in [-0.15, -0.1) is 0 Å². The van der Waals surface area contributed by atoms with Gasteiger partial charge in [-0.1, -0.05) is 19.1 Å². The maximum Gasteiger partial charge on any atom is 0.257 e. The molecule has 3 rings (SSSR count). The van der Waals surface area contributed by atoms with E-state index in [2.05, 4.69) is 5.32 Å². The molecule has 3 amide bonds. The molecule has 0 aromatic heterocycles. The summed E-state index contributed by atoms with van der Waals surface area (Å²) in [5, 5.41) is 2.69. The topological polar surface area (TPSA) is 88.2 Å². The van der Waals surface area contributed by atoms with Gasteiger partial charge in [0.05, 0.1) is 23.3 Å². The van der Waals surface area contributed by atoms with Gasteiger partial charge in [0.2, 0.25) is 5.91 Å². The summed E-state index contributed by atoms with van der Waals surface area (Å²) in [6.07, 6.45) is -0.366. The number of carbonyl (C=O) groups excluding carboxylic acids is 3. The van der Waals surface area contributed by atoms with Gasteiger partial charge in [0, 0.05) is 51.8 Å². The number of carbonyl (C=O) groups is 3. The summed E-state index contributed by atoms with van der Waals surface area (Å²) in [5.74, 6) is -1.43. The van der Waals surface area contributed by atoms with Crippen LogP contribution < -0.4 is 10.1 Å². The Bertz CT molecular complexity index is 1090. The summed E-state index contributed by atoms with van der Waals surface area (Å²) >= 11 is 0. The number of nitrogens with zero attached hydrogens (tertiary/aromatic N) is 2. The summed E-state index contributed by atoms with van der Waals surface area (Å²) in [5.41, 5.74) is 0.784. The number of hydrogen-bond acceptors (Lipinski definition) is 5. The van der Waals surface area contributed by atoms with E-state index in [-0.39, 0.29) is 54.8 Å². The molecule has 188 valence electrons. The van der Waals surface area contributed by atoms with Gasteiger partial charge in [-0.25, -0.2) is 4.39 Å². The van der Waals surface area contributed by atoms with Crippen LogP contribution in [-0.4, -0.2) is 73.5 Å². The molecule has 35 heavy (non-hydrogen) atoms. The first-order chi connectivity index (χ1) is 16.6. The monoisotopic (exact) mass is 485 g/mol. The number of nitrogens with one attached hydrogen (secondary N) is 1. The van der Waals surface area contributed by atoms with Gasteiger partial charge in [-0.2, -0.15) is 0 Å². The third-order valence-corrected chi connectivity index (χ3v) is 6.13. The number of ether oxygens (including phenoxy) is 2. The maximum absolute atomic E-state index is 14.5. The summed E-state index contributed by atoms with van der Waals surface area (Å²) < 4.78 is 26.2. The van der Waals surface area contributed by atoms with Gasteiger partial charge < -0.3 is 24.6 Å². The van der Waals surface area contributed by atoms with E-state index in [0.29, 0.717) is 11.3 Å². The van der Waals surface area contributed by atoms with E-state index >= 15 is 0 Å². The van der Waals surface area contributed by atoms with E-state index in [1.54, 1.807) is 48.2 Å². The quantitative estimate of drug-likeness (QED) is 0.720. The molecular weight excluding hydrogens is 453 g/mol. The molecule has 1 aliphatic heterocycles. The van der Waals surface area contributed by atoms with Crippen molar-refractivity contribution in [1.29, 1.82) is 0 Å². The lowest BCUT2D eigenvalue weighted by Crippen LogP contribution is -2.48. The largest absolute Gasteiger partial charge is 0.491 e. The van der Waals surface area contributed by atoms with Gasteiger partial charge in [0.15, 0.2) is 0 Å². The highest BCUT2D eigenvalue weighted by molar-refractivity contribution is 5.98. The van der Waals surface area contributed by atoms with Crippen LogP contribution >= 0.6 is 0 Å². The van der Waals surface area contributed by atoms with Crippen LogP contribution in [0.4, 0.5) is 10.1 Å². The highest BCUT2D eigenvalue weighted by Crippen LogP contribution is 2.27. The first kappa shape index (κ1) is 26.2. The van der Waals surface area contributed by atoms with Crippen molar-refractivity contribution in [3.05, 3.63) is 59.4 Å². The Morgan fingerprint density at radius 1 is 1.14 bits per heavy atom. The average molecular weight is 486 g/mol. The van der Waals surface area contributed by atoms with E-state index in [4.69, 9.17) is 9.47 Å². The van der Waals surface area contributed by atoms with Gasteiger partial charge in [0.25, 0.3) is 11.8 Å².